The van der Waals surface area contributed by atoms with Crippen molar-refractivity contribution in [2.75, 3.05) is 12.4 Å². The van der Waals surface area contributed by atoms with Gasteiger partial charge in [-0.25, -0.2) is 4.79 Å². The van der Waals surface area contributed by atoms with Crippen LogP contribution in [0.5, 0.6) is 5.75 Å². The number of para-hydroxylation sites is 1. The molecular formula is C19H13NO5. The van der Waals surface area contributed by atoms with Gasteiger partial charge in [-0.2, -0.15) is 0 Å². The molecule has 0 atom stereocenters. The van der Waals surface area contributed by atoms with Gasteiger partial charge in [0.1, 0.15) is 5.58 Å². The van der Waals surface area contributed by atoms with Gasteiger partial charge in [-0.3, -0.25) is 4.79 Å². The first kappa shape index (κ1) is 15.0. The third-order valence-corrected chi connectivity index (χ3v) is 3.83. The summed E-state index contributed by atoms with van der Waals surface area (Å²) in [5.41, 5.74) is 1.13. The summed E-state index contributed by atoms with van der Waals surface area (Å²) < 4.78 is 15.9. The van der Waals surface area contributed by atoms with E-state index < -0.39 is 5.63 Å². The SMILES string of the molecule is COc1cccc2cc(C(=O)Nc3ccc4oc(=O)ccc4c3)oc12. The van der Waals surface area contributed by atoms with Gasteiger partial charge in [0.05, 0.1) is 7.11 Å². The number of anilines is 1. The Morgan fingerprint density at radius 2 is 1.88 bits per heavy atom. The predicted molar refractivity (Wildman–Crippen MR) is 93.2 cm³/mol. The highest BCUT2D eigenvalue weighted by molar-refractivity contribution is 6.05. The Bertz CT molecular complexity index is 1160. The average Bonchev–Trinajstić information content (AvgIpc) is 3.06. The van der Waals surface area contributed by atoms with Crippen molar-refractivity contribution in [2.45, 2.75) is 0 Å². The lowest BCUT2D eigenvalue weighted by atomic mass is 10.2. The molecule has 0 aliphatic rings. The van der Waals surface area contributed by atoms with Gasteiger partial charge in [0, 0.05) is 22.5 Å². The highest BCUT2D eigenvalue weighted by atomic mass is 16.5. The molecule has 6 heteroatoms. The maximum atomic E-state index is 12.5. The van der Waals surface area contributed by atoms with Gasteiger partial charge in [-0.15, -0.1) is 0 Å². The first-order valence-corrected chi connectivity index (χ1v) is 7.56. The van der Waals surface area contributed by atoms with E-state index in [9.17, 15) is 9.59 Å². The smallest absolute Gasteiger partial charge is 0.336 e. The molecule has 0 bridgehead atoms. The van der Waals surface area contributed by atoms with Crippen molar-refractivity contribution in [1.29, 1.82) is 0 Å². The fourth-order valence-electron chi connectivity index (χ4n) is 2.65. The number of benzene rings is 2. The van der Waals surface area contributed by atoms with E-state index in [0.29, 0.717) is 28.0 Å². The third kappa shape index (κ3) is 2.74. The van der Waals surface area contributed by atoms with E-state index >= 15 is 0 Å². The van der Waals surface area contributed by atoms with E-state index in [2.05, 4.69) is 5.32 Å². The number of methoxy groups -OCH3 is 1. The Balaban J connectivity index is 1.65. The number of furan rings is 1. The minimum Gasteiger partial charge on any atom is -0.493 e. The number of rotatable bonds is 3. The first-order chi connectivity index (χ1) is 12.1. The van der Waals surface area contributed by atoms with E-state index in [1.54, 1.807) is 43.5 Å². The molecule has 1 amide bonds. The van der Waals surface area contributed by atoms with Crippen LogP contribution >= 0.6 is 0 Å². The molecule has 6 nitrogen and oxygen atoms in total. The quantitative estimate of drug-likeness (QED) is 0.576. The summed E-state index contributed by atoms with van der Waals surface area (Å²) >= 11 is 0. The van der Waals surface area contributed by atoms with Crippen LogP contribution in [0.4, 0.5) is 5.69 Å². The first-order valence-electron chi connectivity index (χ1n) is 7.56. The third-order valence-electron chi connectivity index (χ3n) is 3.83. The average molecular weight is 335 g/mol. The van der Waals surface area contributed by atoms with Crippen LogP contribution in [0.3, 0.4) is 0 Å². The van der Waals surface area contributed by atoms with E-state index in [1.807, 2.05) is 12.1 Å². The molecule has 0 aliphatic heterocycles. The zero-order valence-corrected chi connectivity index (χ0v) is 13.2. The molecule has 1 N–H and O–H groups in total. The van der Waals surface area contributed by atoms with Crippen LogP contribution in [0.1, 0.15) is 10.6 Å². The van der Waals surface area contributed by atoms with Gasteiger partial charge < -0.3 is 18.9 Å². The number of amides is 1. The summed E-state index contributed by atoms with van der Waals surface area (Å²) in [5, 5.41) is 4.26. The van der Waals surface area contributed by atoms with Crippen molar-refractivity contribution in [3.63, 3.8) is 0 Å². The zero-order valence-electron chi connectivity index (χ0n) is 13.2. The lowest BCUT2D eigenvalue weighted by Gasteiger charge is -2.04. The Morgan fingerprint density at radius 3 is 2.72 bits per heavy atom. The molecule has 25 heavy (non-hydrogen) atoms. The number of hydrogen-bond donors (Lipinski definition) is 1. The number of hydrogen-bond acceptors (Lipinski definition) is 5. The summed E-state index contributed by atoms with van der Waals surface area (Å²) in [6.45, 7) is 0. The van der Waals surface area contributed by atoms with Crippen molar-refractivity contribution in [3.05, 3.63) is 70.8 Å². The number of carbonyl (C=O) groups excluding carboxylic acids is 1. The van der Waals surface area contributed by atoms with Crippen LogP contribution in [0.25, 0.3) is 21.9 Å². The van der Waals surface area contributed by atoms with Crippen molar-refractivity contribution in [3.8, 4) is 5.75 Å². The highest BCUT2D eigenvalue weighted by Crippen LogP contribution is 2.29. The molecule has 2 heterocycles. The fraction of sp³-hybridized carbons (Fsp3) is 0.0526. The maximum absolute atomic E-state index is 12.5. The van der Waals surface area contributed by atoms with Gasteiger partial charge in [0.2, 0.25) is 0 Å². The molecule has 0 radical (unpaired) electrons. The van der Waals surface area contributed by atoms with Crippen LogP contribution in [0.15, 0.2) is 68.2 Å². The number of fused-ring (bicyclic) bond motifs is 2. The van der Waals surface area contributed by atoms with Crippen molar-refractivity contribution in [2.24, 2.45) is 0 Å². The minimum absolute atomic E-state index is 0.180. The number of ether oxygens (including phenoxy) is 1. The van der Waals surface area contributed by atoms with Gasteiger partial charge >= 0.3 is 5.63 Å². The number of carbonyl (C=O) groups is 1. The van der Waals surface area contributed by atoms with E-state index in [0.717, 1.165) is 5.39 Å². The zero-order chi connectivity index (χ0) is 17.4. The largest absolute Gasteiger partial charge is 0.493 e. The Morgan fingerprint density at radius 1 is 1.00 bits per heavy atom. The predicted octanol–water partition coefficient (Wildman–Crippen LogP) is 3.80. The van der Waals surface area contributed by atoms with Crippen molar-refractivity contribution in [1.82, 2.24) is 0 Å². The maximum Gasteiger partial charge on any atom is 0.336 e. The van der Waals surface area contributed by atoms with Gasteiger partial charge in [0.15, 0.2) is 17.1 Å². The van der Waals surface area contributed by atoms with Gasteiger partial charge in [0.25, 0.3) is 5.91 Å². The minimum atomic E-state index is -0.416. The fourth-order valence-corrected chi connectivity index (χ4v) is 2.65. The molecule has 2 aromatic carbocycles. The Kier molecular flexibility index (Phi) is 3.50. The summed E-state index contributed by atoms with van der Waals surface area (Å²) in [6, 6.07) is 15.1. The lowest BCUT2D eigenvalue weighted by Crippen LogP contribution is -2.10. The monoisotopic (exact) mass is 335 g/mol. The molecular weight excluding hydrogens is 322 g/mol. The van der Waals surface area contributed by atoms with Crippen LogP contribution in [0, 0.1) is 0 Å². The van der Waals surface area contributed by atoms with Crippen LogP contribution in [-0.2, 0) is 0 Å². The van der Waals surface area contributed by atoms with Gasteiger partial charge in [-0.05, 0) is 36.4 Å². The molecule has 4 aromatic rings. The highest BCUT2D eigenvalue weighted by Gasteiger charge is 2.15. The molecule has 0 spiro atoms. The molecule has 0 saturated carbocycles. The van der Waals surface area contributed by atoms with Crippen molar-refractivity contribution >= 4 is 33.5 Å². The lowest BCUT2D eigenvalue weighted by molar-refractivity contribution is 0.0998. The molecule has 0 unspecified atom stereocenters. The van der Waals surface area contributed by atoms with Crippen LogP contribution in [-0.4, -0.2) is 13.0 Å². The molecule has 0 saturated heterocycles. The second-order valence-corrected chi connectivity index (χ2v) is 5.45. The summed E-state index contributed by atoms with van der Waals surface area (Å²) in [7, 11) is 1.55. The topological polar surface area (TPSA) is 81.7 Å². The van der Waals surface area contributed by atoms with Crippen LogP contribution in [0.2, 0.25) is 0 Å². The van der Waals surface area contributed by atoms with Crippen LogP contribution < -0.4 is 15.7 Å². The van der Waals surface area contributed by atoms with Gasteiger partial charge in [-0.1, -0.05) is 12.1 Å². The number of nitrogens with one attached hydrogen (secondary N) is 1. The molecule has 0 aliphatic carbocycles. The second kappa shape index (κ2) is 5.83. The van der Waals surface area contributed by atoms with E-state index in [-0.39, 0.29) is 11.7 Å². The second-order valence-electron chi connectivity index (χ2n) is 5.45. The molecule has 124 valence electrons. The Hall–Kier alpha value is -3.54. The van der Waals surface area contributed by atoms with E-state index in [4.69, 9.17) is 13.6 Å². The molecule has 2 aromatic heterocycles. The molecule has 4 rings (SSSR count). The Labute approximate surface area is 141 Å². The van der Waals surface area contributed by atoms with E-state index in [1.165, 1.54) is 6.07 Å². The normalized spacial score (nSPS) is 10.9. The van der Waals surface area contributed by atoms with Crippen molar-refractivity contribution < 1.29 is 18.4 Å². The summed E-state index contributed by atoms with van der Waals surface area (Å²) in [4.78, 5) is 23.7. The molecule has 0 fully saturated rings. The summed E-state index contributed by atoms with van der Waals surface area (Å²) in [6.07, 6.45) is 0. The standard InChI is InChI=1S/C19H13NO5/c1-23-15-4-2-3-12-10-16(25-18(12)15)19(22)20-13-6-7-14-11(9-13)5-8-17(21)24-14/h2-10H,1H3,(H,20,22). The summed E-state index contributed by atoms with van der Waals surface area (Å²) in [5.74, 6) is 0.367.